The van der Waals surface area contributed by atoms with Gasteiger partial charge in [-0.3, -0.25) is 0 Å². The van der Waals surface area contributed by atoms with Crippen LogP contribution in [0, 0.1) is 0 Å². The summed E-state index contributed by atoms with van der Waals surface area (Å²) in [5.41, 5.74) is 2.53. The Bertz CT molecular complexity index is 779. The number of hydrogen-bond acceptors (Lipinski definition) is 5. The Morgan fingerprint density at radius 2 is 1.79 bits per heavy atom. The minimum absolute atomic E-state index is 0.00700. The lowest BCUT2D eigenvalue weighted by atomic mass is 9.71. The molecule has 5 heteroatoms. The first-order chi connectivity index (χ1) is 11.9. The number of aromatic nitrogens is 2. The topological polar surface area (TPSA) is 49.8 Å². The van der Waals surface area contributed by atoms with Gasteiger partial charge in [-0.15, -0.1) is 11.3 Å². The third kappa shape index (κ3) is 2.92. The summed E-state index contributed by atoms with van der Waals surface area (Å²) in [4.78, 5) is 9.23. The SMILES string of the molecule is c1ccc(C2(c3csc(Nc4ccccn4)n3)CCNCC2)cc1. The molecule has 0 atom stereocenters. The highest BCUT2D eigenvalue weighted by Crippen LogP contribution is 2.41. The van der Waals surface area contributed by atoms with Crippen LogP contribution in [0.5, 0.6) is 0 Å². The lowest BCUT2D eigenvalue weighted by Gasteiger charge is -2.37. The minimum Gasteiger partial charge on any atom is -0.317 e. The summed E-state index contributed by atoms with van der Waals surface area (Å²) in [6, 6.07) is 16.6. The molecule has 3 heterocycles. The zero-order valence-electron chi connectivity index (χ0n) is 13.4. The predicted molar refractivity (Wildman–Crippen MR) is 99.0 cm³/mol. The van der Waals surface area contributed by atoms with E-state index in [0.717, 1.165) is 36.9 Å². The second-order valence-electron chi connectivity index (χ2n) is 6.08. The molecule has 0 unspecified atom stereocenters. The zero-order chi connectivity index (χ0) is 16.2. The van der Waals surface area contributed by atoms with Gasteiger partial charge in [0.25, 0.3) is 0 Å². The Morgan fingerprint density at radius 1 is 1.00 bits per heavy atom. The van der Waals surface area contributed by atoms with Crippen LogP contribution in [0.15, 0.2) is 60.1 Å². The second-order valence-corrected chi connectivity index (χ2v) is 6.93. The summed E-state index contributed by atoms with van der Waals surface area (Å²) in [7, 11) is 0. The van der Waals surface area contributed by atoms with E-state index in [1.807, 2.05) is 18.2 Å². The normalized spacial score (nSPS) is 16.7. The first-order valence-corrected chi connectivity index (χ1v) is 9.15. The Morgan fingerprint density at radius 3 is 2.54 bits per heavy atom. The van der Waals surface area contributed by atoms with Crippen molar-refractivity contribution in [3.63, 3.8) is 0 Å². The number of rotatable bonds is 4. The van der Waals surface area contributed by atoms with E-state index in [2.05, 4.69) is 51.3 Å². The molecule has 0 aliphatic carbocycles. The van der Waals surface area contributed by atoms with E-state index in [-0.39, 0.29) is 5.41 Å². The molecule has 122 valence electrons. The largest absolute Gasteiger partial charge is 0.317 e. The fourth-order valence-electron chi connectivity index (χ4n) is 3.40. The van der Waals surface area contributed by atoms with Crippen LogP contribution in [0.3, 0.4) is 0 Å². The number of benzene rings is 1. The van der Waals surface area contributed by atoms with E-state index >= 15 is 0 Å². The minimum atomic E-state index is 0.00700. The highest BCUT2D eigenvalue weighted by molar-refractivity contribution is 7.13. The monoisotopic (exact) mass is 336 g/mol. The molecule has 0 saturated carbocycles. The van der Waals surface area contributed by atoms with E-state index in [1.54, 1.807) is 17.5 Å². The van der Waals surface area contributed by atoms with Gasteiger partial charge in [-0.05, 0) is 43.6 Å². The van der Waals surface area contributed by atoms with Gasteiger partial charge in [-0.2, -0.15) is 0 Å². The molecule has 4 nitrogen and oxygen atoms in total. The van der Waals surface area contributed by atoms with Crippen molar-refractivity contribution in [2.45, 2.75) is 18.3 Å². The number of pyridine rings is 1. The van der Waals surface area contributed by atoms with Crippen molar-refractivity contribution < 1.29 is 0 Å². The van der Waals surface area contributed by atoms with Crippen molar-refractivity contribution in [3.05, 3.63) is 71.4 Å². The average Bonchev–Trinajstić information content (AvgIpc) is 3.13. The highest BCUT2D eigenvalue weighted by atomic mass is 32.1. The molecule has 0 amide bonds. The van der Waals surface area contributed by atoms with E-state index in [9.17, 15) is 0 Å². The van der Waals surface area contributed by atoms with Crippen molar-refractivity contribution in [2.24, 2.45) is 0 Å². The lowest BCUT2D eigenvalue weighted by molar-refractivity contribution is 0.356. The zero-order valence-corrected chi connectivity index (χ0v) is 14.2. The average molecular weight is 336 g/mol. The summed E-state index contributed by atoms with van der Waals surface area (Å²) in [6.45, 7) is 2.05. The fourth-order valence-corrected chi connectivity index (χ4v) is 4.22. The summed E-state index contributed by atoms with van der Waals surface area (Å²) < 4.78 is 0. The maximum Gasteiger partial charge on any atom is 0.188 e. The number of nitrogens with zero attached hydrogens (tertiary/aromatic N) is 2. The van der Waals surface area contributed by atoms with Crippen LogP contribution >= 0.6 is 11.3 Å². The van der Waals surface area contributed by atoms with Crippen LogP contribution in [-0.2, 0) is 5.41 Å². The Labute approximate surface area is 146 Å². The van der Waals surface area contributed by atoms with Crippen LogP contribution in [0.1, 0.15) is 24.1 Å². The van der Waals surface area contributed by atoms with Crippen molar-refractivity contribution in [3.8, 4) is 0 Å². The first kappa shape index (κ1) is 15.3. The molecule has 1 saturated heterocycles. The summed E-state index contributed by atoms with van der Waals surface area (Å²) in [5, 5.41) is 9.89. The quantitative estimate of drug-likeness (QED) is 0.757. The number of thiazole rings is 1. The number of hydrogen-bond donors (Lipinski definition) is 2. The first-order valence-electron chi connectivity index (χ1n) is 8.27. The van der Waals surface area contributed by atoms with Gasteiger partial charge in [0.2, 0.25) is 0 Å². The standard InChI is InChI=1S/C19H20N4S/c1-2-6-15(7-3-1)19(9-12-20-13-10-19)16-14-24-18(22-16)23-17-8-4-5-11-21-17/h1-8,11,14,20H,9-10,12-13H2,(H,21,22,23). The van der Waals surface area contributed by atoms with Crippen molar-refractivity contribution >= 4 is 22.3 Å². The van der Waals surface area contributed by atoms with Crippen molar-refractivity contribution in [2.75, 3.05) is 18.4 Å². The maximum atomic E-state index is 4.92. The van der Waals surface area contributed by atoms with Gasteiger partial charge < -0.3 is 10.6 Å². The number of piperidine rings is 1. The van der Waals surface area contributed by atoms with E-state index in [4.69, 9.17) is 4.98 Å². The van der Waals surface area contributed by atoms with E-state index in [1.165, 1.54) is 11.3 Å². The van der Waals surface area contributed by atoms with E-state index in [0.29, 0.717) is 0 Å². The second kappa shape index (κ2) is 6.71. The van der Waals surface area contributed by atoms with Gasteiger partial charge in [-0.1, -0.05) is 36.4 Å². The molecule has 1 aliphatic heterocycles. The highest BCUT2D eigenvalue weighted by Gasteiger charge is 2.37. The van der Waals surface area contributed by atoms with Gasteiger partial charge in [0.05, 0.1) is 5.69 Å². The van der Waals surface area contributed by atoms with Crippen LogP contribution in [0.25, 0.3) is 0 Å². The molecule has 4 rings (SSSR count). The molecular weight excluding hydrogens is 316 g/mol. The van der Waals surface area contributed by atoms with Crippen LogP contribution in [0.2, 0.25) is 0 Å². The number of anilines is 2. The van der Waals surface area contributed by atoms with Crippen molar-refractivity contribution in [1.29, 1.82) is 0 Å². The number of nitrogens with one attached hydrogen (secondary N) is 2. The molecule has 3 aromatic rings. The molecule has 2 aromatic heterocycles. The van der Waals surface area contributed by atoms with Gasteiger partial charge in [-0.25, -0.2) is 9.97 Å². The fraction of sp³-hybridized carbons (Fsp3) is 0.263. The predicted octanol–water partition coefficient (Wildman–Crippen LogP) is 3.95. The molecule has 1 aliphatic rings. The Balaban J connectivity index is 1.67. The summed E-state index contributed by atoms with van der Waals surface area (Å²) in [6.07, 6.45) is 3.93. The molecule has 0 radical (unpaired) electrons. The molecule has 1 aromatic carbocycles. The molecule has 2 N–H and O–H groups in total. The maximum absolute atomic E-state index is 4.92. The van der Waals surface area contributed by atoms with Crippen LogP contribution < -0.4 is 10.6 Å². The Hall–Kier alpha value is -2.24. The van der Waals surface area contributed by atoms with Gasteiger partial charge in [0.1, 0.15) is 5.82 Å². The molecule has 0 bridgehead atoms. The summed E-state index contributed by atoms with van der Waals surface area (Å²) in [5.74, 6) is 0.831. The van der Waals surface area contributed by atoms with Gasteiger partial charge in [0, 0.05) is 17.0 Å². The van der Waals surface area contributed by atoms with Gasteiger partial charge >= 0.3 is 0 Å². The Kier molecular flexibility index (Phi) is 4.28. The third-order valence-electron chi connectivity index (χ3n) is 4.68. The molecular formula is C19H20N4S. The third-order valence-corrected chi connectivity index (χ3v) is 5.44. The van der Waals surface area contributed by atoms with Crippen molar-refractivity contribution in [1.82, 2.24) is 15.3 Å². The molecule has 1 fully saturated rings. The smallest absolute Gasteiger partial charge is 0.188 e. The van der Waals surface area contributed by atoms with Gasteiger partial charge in [0.15, 0.2) is 5.13 Å². The molecule has 24 heavy (non-hydrogen) atoms. The van der Waals surface area contributed by atoms with Crippen LogP contribution in [-0.4, -0.2) is 23.1 Å². The molecule has 0 spiro atoms. The van der Waals surface area contributed by atoms with Crippen LogP contribution in [0.4, 0.5) is 10.9 Å². The van der Waals surface area contributed by atoms with E-state index < -0.39 is 0 Å². The lowest BCUT2D eigenvalue weighted by Crippen LogP contribution is -2.41. The summed E-state index contributed by atoms with van der Waals surface area (Å²) >= 11 is 1.65.